The average molecular weight is 398 g/mol. The van der Waals surface area contributed by atoms with E-state index in [9.17, 15) is 18.8 Å². The smallest absolute Gasteiger partial charge is 0.359 e. The zero-order valence-electron chi connectivity index (χ0n) is 16.0. The molecule has 150 valence electrons. The number of methoxy groups -OCH3 is 1. The van der Waals surface area contributed by atoms with E-state index < -0.39 is 24.2 Å². The lowest BCUT2D eigenvalue weighted by Gasteiger charge is -2.10. The van der Waals surface area contributed by atoms with E-state index in [0.29, 0.717) is 23.7 Å². The second-order valence-corrected chi connectivity index (χ2v) is 6.27. The molecular formula is C21H19FN2O5. The molecule has 2 aromatic carbocycles. The first-order valence-electron chi connectivity index (χ1n) is 9.00. The molecule has 0 saturated carbocycles. The molecule has 0 N–H and O–H groups in total. The molecule has 3 aromatic rings. The highest BCUT2D eigenvalue weighted by molar-refractivity contribution is 6.04. The molecule has 0 fully saturated rings. The van der Waals surface area contributed by atoms with Crippen LogP contribution in [0.3, 0.4) is 0 Å². The molecule has 3 rings (SSSR count). The number of ketones is 1. The number of rotatable bonds is 7. The lowest BCUT2D eigenvalue weighted by atomic mass is 10.1. The first-order valence-corrected chi connectivity index (χ1v) is 9.00. The van der Waals surface area contributed by atoms with Gasteiger partial charge < -0.3 is 9.47 Å². The van der Waals surface area contributed by atoms with Gasteiger partial charge in [-0.3, -0.25) is 9.59 Å². The van der Waals surface area contributed by atoms with Gasteiger partial charge in [-0.2, -0.15) is 5.10 Å². The number of halogens is 1. The Bertz CT molecular complexity index is 1140. The number of hydrogen-bond acceptors (Lipinski definition) is 6. The summed E-state index contributed by atoms with van der Waals surface area (Å²) in [6.07, 6.45) is 0.654. The summed E-state index contributed by atoms with van der Waals surface area (Å²) in [7, 11) is 1.32. The SMILES string of the molecule is CCCn1nc(C(=O)OCC(=O)c2ccc(OC)c(F)c2)c2ccccc2c1=O. The van der Waals surface area contributed by atoms with Crippen molar-refractivity contribution >= 4 is 22.5 Å². The van der Waals surface area contributed by atoms with Crippen LogP contribution in [-0.4, -0.2) is 35.2 Å². The minimum atomic E-state index is -0.839. The Morgan fingerprint density at radius 1 is 1.14 bits per heavy atom. The molecule has 0 aliphatic carbocycles. The number of nitrogens with zero attached hydrogens (tertiary/aromatic N) is 2. The number of benzene rings is 2. The summed E-state index contributed by atoms with van der Waals surface area (Å²) in [4.78, 5) is 37.3. The Hall–Kier alpha value is -3.55. The molecule has 0 aliphatic rings. The molecule has 0 radical (unpaired) electrons. The van der Waals surface area contributed by atoms with Crippen molar-refractivity contribution in [2.45, 2.75) is 19.9 Å². The standard InChI is InChI=1S/C21H19FN2O5/c1-3-10-24-20(26)15-7-5-4-6-14(15)19(23-24)21(27)29-12-17(25)13-8-9-18(28-2)16(22)11-13/h4-9,11H,3,10,12H2,1-2H3. The maximum Gasteiger partial charge on any atom is 0.359 e. The van der Waals surface area contributed by atoms with Gasteiger partial charge in [-0.25, -0.2) is 13.9 Å². The minimum absolute atomic E-state index is 0.00685. The molecule has 0 spiro atoms. The number of carbonyl (C=O) groups excluding carboxylic acids is 2. The monoisotopic (exact) mass is 398 g/mol. The van der Waals surface area contributed by atoms with Crippen molar-refractivity contribution in [2.75, 3.05) is 13.7 Å². The lowest BCUT2D eigenvalue weighted by Crippen LogP contribution is -2.27. The van der Waals surface area contributed by atoms with Crippen molar-refractivity contribution in [3.05, 3.63) is 69.9 Å². The molecule has 0 bridgehead atoms. The number of fused-ring (bicyclic) bond motifs is 1. The normalized spacial score (nSPS) is 10.7. The molecule has 0 unspecified atom stereocenters. The molecule has 0 atom stereocenters. The minimum Gasteiger partial charge on any atom is -0.494 e. The summed E-state index contributed by atoms with van der Waals surface area (Å²) in [5.41, 5.74) is -0.309. The van der Waals surface area contributed by atoms with Gasteiger partial charge in [0, 0.05) is 17.5 Å². The molecule has 0 aliphatic heterocycles. The highest BCUT2D eigenvalue weighted by atomic mass is 19.1. The topological polar surface area (TPSA) is 87.5 Å². The highest BCUT2D eigenvalue weighted by Crippen LogP contribution is 2.18. The zero-order chi connectivity index (χ0) is 21.0. The van der Waals surface area contributed by atoms with Gasteiger partial charge in [-0.05, 0) is 30.7 Å². The van der Waals surface area contributed by atoms with Gasteiger partial charge in [0.15, 0.2) is 29.7 Å². The highest BCUT2D eigenvalue weighted by Gasteiger charge is 2.19. The van der Waals surface area contributed by atoms with Crippen LogP contribution in [0.4, 0.5) is 4.39 Å². The summed E-state index contributed by atoms with van der Waals surface area (Å²) in [6, 6.07) is 10.3. The van der Waals surface area contributed by atoms with E-state index in [1.54, 1.807) is 24.3 Å². The van der Waals surface area contributed by atoms with Crippen molar-refractivity contribution in [3.63, 3.8) is 0 Å². The maximum absolute atomic E-state index is 13.8. The Labute approximate surface area is 165 Å². The lowest BCUT2D eigenvalue weighted by molar-refractivity contribution is 0.0468. The van der Waals surface area contributed by atoms with Gasteiger partial charge in [-0.15, -0.1) is 0 Å². The summed E-state index contributed by atoms with van der Waals surface area (Å²) in [5.74, 6) is -2.10. The van der Waals surface area contributed by atoms with Gasteiger partial charge in [-0.1, -0.05) is 25.1 Å². The Kier molecular flexibility index (Phi) is 6.01. The Morgan fingerprint density at radius 2 is 1.86 bits per heavy atom. The second-order valence-electron chi connectivity index (χ2n) is 6.27. The zero-order valence-corrected chi connectivity index (χ0v) is 16.0. The summed E-state index contributed by atoms with van der Waals surface area (Å²) in [5, 5.41) is 4.80. The number of Topliss-reactive ketones (excluding diaryl/α,β-unsaturated/α-hetero) is 1. The first-order chi connectivity index (χ1) is 14.0. The van der Waals surface area contributed by atoms with Crippen molar-refractivity contribution < 1.29 is 23.5 Å². The molecule has 8 heteroatoms. The molecule has 7 nitrogen and oxygen atoms in total. The van der Waals surface area contributed by atoms with Crippen molar-refractivity contribution in [2.24, 2.45) is 0 Å². The predicted octanol–water partition coefficient (Wildman–Crippen LogP) is 2.99. The van der Waals surface area contributed by atoms with Gasteiger partial charge in [0.2, 0.25) is 0 Å². The third-order valence-corrected chi connectivity index (χ3v) is 4.30. The average Bonchev–Trinajstić information content (AvgIpc) is 2.73. The van der Waals surface area contributed by atoms with Crippen LogP contribution in [0.2, 0.25) is 0 Å². The van der Waals surface area contributed by atoms with E-state index in [-0.39, 0.29) is 22.6 Å². The Morgan fingerprint density at radius 3 is 2.52 bits per heavy atom. The molecule has 29 heavy (non-hydrogen) atoms. The second kappa shape index (κ2) is 8.64. The number of esters is 1. The Balaban J connectivity index is 1.84. The van der Waals surface area contributed by atoms with E-state index in [4.69, 9.17) is 9.47 Å². The van der Waals surface area contributed by atoms with Crippen LogP contribution in [0.1, 0.15) is 34.2 Å². The van der Waals surface area contributed by atoms with Crippen LogP contribution in [0.5, 0.6) is 5.75 Å². The fourth-order valence-corrected chi connectivity index (χ4v) is 2.87. The fourth-order valence-electron chi connectivity index (χ4n) is 2.87. The number of carbonyl (C=O) groups is 2. The van der Waals surface area contributed by atoms with Gasteiger partial charge >= 0.3 is 5.97 Å². The van der Waals surface area contributed by atoms with E-state index >= 15 is 0 Å². The van der Waals surface area contributed by atoms with Crippen LogP contribution < -0.4 is 10.3 Å². The summed E-state index contributed by atoms with van der Waals surface area (Å²) in [6.45, 7) is 1.63. The summed E-state index contributed by atoms with van der Waals surface area (Å²) < 4.78 is 24.9. The van der Waals surface area contributed by atoms with Gasteiger partial charge in [0.1, 0.15) is 0 Å². The third kappa shape index (κ3) is 4.16. The van der Waals surface area contributed by atoms with Crippen LogP contribution in [0.25, 0.3) is 10.8 Å². The van der Waals surface area contributed by atoms with E-state index in [1.807, 2.05) is 6.92 Å². The van der Waals surface area contributed by atoms with Crippen LogP contribution in [0.15, 0.2) is 47.3 Å². The first kappa shape index (κ1) is 20.2. The summed E-state index contributed by atoms with van der Waals surface area (Å²) >= 11 is 0. The molecular weight excluding hydrogens is 379 g/mol. The number of aromatic nitrogens is 2. The van der Waals surface area contributed by atoms with Crippen LogP contribution in [-0.2, 0) is 11.3 Å². The number of ether oxygens (including phenoxy) is 2. The van der Waals surface area contributed by atoms with Crippen molar-refractivity contribution in [3.8, 4) is 5.75 Å². The molecule has 0 saturated heterocycles. The van der Waals surface area contributed by atoms with E-state index in [2.05, 4.69) is 5.10 Å². The number of hydrogen-bond donors (Lipinski definition) is 0. The predicted molar refractivity (Wildman–Crippen MR) is 104 cm³/mol. The molecule has 1 aromatic heterocycles. The largest absolute Gasteiger partial charge is 0.494 e. The fraction of sp³-hybridized carbons (Fsp3) is 0.238. The van der Waals surface area contributed by atoms with Crippen molar-refractivity contribution in [1.29, 1.82) is 0 Å². The third-order valence-electron chi connectivity index (χ3n) is 4.30. The van der Waals surface area contributed by atoms with Crippen molar-refractivity contribution in [1.82, 2.24) is 9.78 Å². The van der Waals surface area contributed by atoms with Crippen LogP contribution in [0, 0.1) is 5.82 Å². The quantitative estimate of drug-likeness (QED) is 0.449. The van der Waals surface area contributed by atoms with Gasteiger partial charge in [0.25, 0.3) is 5.56 Å². The van der Waals surface area contributed by atoms with E-state index in [0.717, 1.165) is 6.07 Å². The van der Waals surface area contributed by atoms with E-state index in [1.165, 1.54) is 23.9 Å². The number of aryl methyl sites for hydroxylation is 1. The van der Waals surface area contributed by atoms with Gasteiger partial charge in [0.05, 0.1) is 12.5 Å². The molecule has 1 heterocycles. The maximum atomic E-state index is 13.8. The van der Waals surface area contributed by atoms with Crippen LogP contribution >= 0.6 is 0 Å². The molecule has 0 amide bonds.